The molecule has 1 aromatic carbocycles. The van der Waals surface area contributed by atoms with Gasteiger partial charge < -0.3 is 10.2 Å². The van der Waals surface area contributed by atoms with E-state index < -0.39 is 0 Å². The van der Waals surface area contributed by atoms with Gasteiger partial charge in [-0.2, -0.15) is 5.10 Å². The number of likely N-dealkylation sites (N-methyl/N-ethyl adjacent to an activating group) is 1. The molecule has 0 spiro atoms. The van der Waals surface area contributed by atoms with Crippen LogP contribution in [-0.2, 0) is 18.3 Å². The third-order valence-corrected chi connectivity index (χ3v) is 4.59. The molecule has 0 bridgehead atoms. The van der Waals surface area contributed by atoms with Crippen LogP contribution in [0.1, 0.15) is 17.8 Å². The minimum Gasteiger partial charge on any atom is -0.355 e. The van der Waals surface area contributed by atoms with Crippen LogP contribution in [0.15, 0.2) is 35.1 Å². The van der Waals surface area contributed by atoms with E-state index in [1.54, 1.807) is 16.3 Å². The number of fused-ring (bicyclic) bond motifs is 1. The van der Waals surface area contributed by atoms with Crippen LogP contribution in [0.25, 0.3) is 16.9 Å². The molecule has 1 N–H and O–H groups in total. The molecule has 0 saturated carbocycles. The second kappa shape index (κ2) is 8.35. The lowest BCUT2D eigenvalue weighted by atomic mass is 10.2. The van der Waals surface area contributed by atoms with Crippen molar-refractivity contribution in [1.82, 2.24) is 29.5 Å². The van der Waals surface area contributed by atoms with Crippen molar-refractivity contribution in [2.45, 2.75) is 19.8 Å². The maximum Gasteiger partial charge on any atom is 0.273 e. The Morgan fingerprint density at radius 1 is 1.21 bits per heavy atom. The number of hydrogen-bond acceptors (Lipinski definition) is 5. The molecular formula is C20H26N6O2. The maximum absolute atomic E-state index is 12.8. The third-order valence-electron chi connectivity index (χ3n) is 4.59. The SMILES string of the molecule is Cc1nn(-c2ccccc2)c2c1nc(CCC(=O)NCCN(C)C)c(=O)n2C. The maximum atomic E-state index is 12.8. The second-order valence-electron chi connectivity index (χ2n) is 7.08. The molecule has 1 amide bonds. The van der Waals surface area contributed by atoms with Gasteiger partial charge in [0.1, 0.15) is 11.2 Å². The van der Waals surface area contributed by atoms with Gasteiger partial charge in [-0.15, -0.1) is 0 Å². The number of nitrogens with zero attached hydrogens (tertiary/aromatic N) is 5. The highest BCUT2D eigenvalue weighted by Gasteiger charge is 2.17. The molecule has 2 aromatic heterocycles. The van der Waals surface area contributed by atoms with E-state index in [0.717, 1.165) is 17.9 Å². The predicted molar refractivity (Wildman–Crippen MR) is 109 cm³/mol. The molecule has 0 fully saturated rings. The molecule has 0 aliphatic heterocycles. The number of amides is 1. The number of nitrogens with one attached hydrogen (secondary N) is 1. The first-order valence-electron chi connectivity index (χ1n) is 9.30. The summed E-state index contributed by atoms with van der Waals surface area (Å²) in [5, 5.41) is 7.42. The molecule has 0 aliphatic rings. The van der Waals surface area contributed by atoms with Crippen molar-refractivity contribution in [3.63, 3.8) is 0 Å². The first-order chi connectivity index (χ1) is 13.4. The predicted octanol–water partition coefficient (Wildman–Crippen LogP) is 1.04. The van der Waals surface area contributed by atoms with Crippen LogP contribution in [0.2, 0.25) is 0 Å². The smallest absolute Gasteiger partial charge is 0.273 e. The van der Waals surface area contributed by atoms with Gasteiger partial charge in [0.15, 0.2) is 5.65 Å². The Bertz CT molecular complexity index is 1040. The second-order valence-corrected chi connectivity index (χ2v) is 7.08. The van der Waals surface area contributed by atoms with Gasteiger partial charge in [0, 0.05) is 33.0 Å². The molecule has 8 heteroatoms. The van der Waals surface area contributed by atoms with Crippen LogP contribution in [0, 0.1) is 6.92 Å². The van der Waals surface area contributed by atoms with Crippen molar-refractivity contribution in [3.05, 3.63) is 52.1 Å². The summed E-state index contributed by atoms with van der Waals surface area (Å²) in [6.45, 7) is 3.23. The highest BCUT2D eigenvalue weighted by molar-refractivity contribution is 5.77. The molecule has 148 valence electrons. The summed E-state index contributed by atoms with van der Waals surface area (Å²) < 4.78 is 3.30. The zero-order chi connectivity index (χ0) is 20.3. The fourth-order valence-electron chi connectivity index (χ4n) is 3.06. The highest BCUT2D eigenvalue weighted by Crippen LogP contribution is 2.19. The lowest BCUT2D eigenvalue weighted by molar-refractivity contribution is -0.121. The van der Waals surface area contributed by atoms with Gasteiger partial charge in [-0.3, -0.25) is 14.2 Å². The van der Waals surface area contributed by atoms with Gasteiger partial charge in [0.2, 0.25) is 5.91 Å². The topological polar surface area (TPSA) is 85.1 Å². The first-order valence-corrected chi connectivity index (χ1v) is 9.30. The summed E-state index contributed by atoms with van der Waals surface area (Å²) >= 11 is 0. The van der Waals surface area contributed by atoms with Crippen molar-refractivity contribution in [1.29, 1.82) is 0 Å². The lowest BCUT2D eigenvalue weighted by Crippen LogP contribution is -2.32. The fraction of sp³-hybridized carbons (Fsp3) is 0.400. The van der Waals surface area contributed by atoms with E-state index in [1.165, 1.54) is 0 Å². The van der Waals surface area contributed by atoms with Crippen LogP contribution in [0.4, 0.5) is 0 Å². The average Bonchev–Trinajstić information content (AvgIpc) is 3.00. The fourth-order valence-corrected chi connectivity index (χ4v) is 3.06. The van der Waals surface area contributed by atoms with Crippen molar-refractivity contribution in [2.24, 2.45) is 7.05 Å². The summed E-state index contributed by atoms with van der Waals surface area (Å²) in [5.41, 5.74) is 3.11. The van der Waals surface area contributed by atoms with Crippen LogP contribution >= 0.6 is 0 Å². The Balaban J connectivity index is 1.86. The van der Waals surface area contributed by atoms with E-state index >= 15 is 0 Å². The molecule has 3 rings (SSSR count). The summed E-state index contributed by atoms with van der Waals surface area (Å²) in [4.78, 5) is 31.4. The van der Waals surface area contributed by atoms with Gasteiger partial charge in [0.25, 0.3) is 5.56 Å². The summed E-state index contributed by atoms with van der Waals surface area (Å²) in [5.74, 6) is -0.0810. The summed E-state index contributed by atoms with van der Waals surface area (Å²) in [6.07, 6.45) is 0.527. The van der Waals surface area contributed by atoms with E-state index in [0.29, 0.717) is 29.8 Å². The molecule has 0 saturated heterocycles. The molecule has 0 radical (unpaired) electrons. The minimum absolute atomic E-state index is 0.0810. The van der Waals surface area contributed by atoms with Crippen LogP contribution in [0.5, 0.6) is 0 Å². The Kier molecular flexibility index (Phi) is 5.89. The molecule has 0 aliphatic carbocycles. The van der Waals surface area contributed by atoms with Crippen molar-refractivity contribution >= 4 is 17.1 Å². The van der Waals surface area contributed by atoms with E-state index in [1.807, 2.05) is 56.3 Å². The van der Waals surface area contributed by atoms with Crippen LogP contribution < -0.4 is 10.9 Å². The molecule has 0 atom stereocenters. The number of rotatable bonds is 7. The Hall–Kier alpha value is -3.00. The summed E-state index contributed by atoms with van der Waals surface area (Å²) in [6, 6.07) is 9.64. The zero-order valence-corrected chi connectivity index (χ0v) is 16.8. The first kappa shape index (κ1) is 19.8. The molecule has 0 unspecified atom stereocenters. The summed E-state index contributed by atoms with van der Waals surface area (Å²) in [7, 11) is 5.62. The van der Waals surface area contributed by atoms with Gasteiger partial charge >= 0.3 is 0 Å². The lowest BCUT2D eigenvalue weighted by Gasteiger charge is -2.11. The average molecular weight is 382 g/mol. The monoisotopic (exact) mass is 382 g/mol. The molecule has 2 heterocycles. The van der Waals surface area contributed by atoms with E-state index in [4.69, 9.17) is 0 Å². The number of benzene rings is 1. The number of hydrogen-bond donors (Lipinski definition) is 1. The van der Waals surface area contributed by atoms with Crippen molar-refractivity contribution < 1.29 is 4.79 Å². The highest BCUT2D eigenvalue weighted by atomic mass is 16.1. The Morgan fingerprint density at radius 3 is 2.61 bits per heavy atom. The van der Waals surface area contributed by atoms with Gasteiger partial charge in [-0.1, -0.05) is 18.2 Å². The quantitative estimate of drug-likeness (QED) is 0.660. The van der Waals surface area contributed by atoms with Gasteiger partial charge in [-0.05, 0) is 33.2 Å². The molecule has 8 nitrogen and oxygen atoms in total. The van der Waals surface area contributed by atoms with Crippen LogP contribution in [0.3, 0.4) is 0 Å². The number of carbonyl (C=O) groups is 1. The number of aryl methyl sites for hydroxylation is 3. The molecule has 28 heavy (non-hydrogen) atoms. The largest absolute Gasteiger partial charge is 0.355 e. The van der Waals surface area contributed by atoms with Gasteiger partial charge in [0.05, 0.1) is 11.4 Å². The number of aromatic nitrogens is 4. The third kappa shape index (κ3) is 4.12. The van der Waals surface area contributed by atoms with Crippen LogP contribution in [-0.4, -0.2) is 57.3 Å². The van der Waals surface area contributed by atoms with Gasteiger partial charge in [-0.25, -0.2) is 9.67 Å². The zero-order valence-electron chi connectivity index (χ0n) is 16.8. The van der Waals surface area contributed by atoms with Crippen molar-refractivity contribution in [3.8, 4) is 5.69 Å². The number of carbonyl (C=O) groups excluding carboxylic acids is 1. The molecule has 3 aromatic rings. The van der Waals surface area contributed by atoms with Crippen molar-refractivity contribution in [2.75, 3.05) is 27.2 Å². The van der Waals surface area contributed by atoms with E-state index in [2.05, 4.69) is 15.4 Å². The van der Waals surface area contributed by atoms with E-state index in [-0.39, 0.29) is 17.9 Å². The Morgan fingerprint density at radius 2 is 1.93 bits per heavy atom. The molecular weight excluding hydrogens is 356 g/mol. The standard InChI is InChI=1S/C20H26N6O2/c1-14-18-19(26(23-14)15-8-6-5-7-9-15)25(4)20(28)16(22-18)10-11-17(27)21-12-13-24(2)3/h5-9H,10-13H2,1-4H3,(H,21,27). The van der Waals surface area contributed by atoms with E-state index in [9.17, 15) is 9.59 Å². The number of para-hydroxylation sites is 1. The Labute approximate surface area is 163 Å². The normalized spacial score (nSPS) is 11.3. The minimum atomic E-state index is -0.203.